The summed E-state index contributed by atoms with van der Waals surface area (Å²) in [5.41, 5.74) is 4.77. The summed E-state index contributed by atoms with van der Waals surface area (Å²) in [6.07, 6.45) is -1.68. The maximum absolute atomic E-state index is 14.0. The second-order valence-corrected chi connectivity index (χ2v) is 20.5. The van der Waals surface area contributed by atoms with Crippen molar-refractivity contribution in [2.75, 3.05) is 12.3 Å². The zero-order chi connectivity index (χ0) is 29.0. The van der Waals surface area contributed by atoms with Crippen LogP contribution in [-0.2, 0) is 29.0 Å². The molecule has 0 unspecified atom stereocenters. The summed E-state index contributed by atoms with van der Waals surface area (Å²) in [6.45, 7) is 20.5. The summed E-state index contributed by atoms with van der Waals surface area (Å²) in [7, 11) is -5.95. The maximum atomic E-state index is 14.0. The lowest BCUT2D eigenvalue weighted by Gasteiger charge is -2.50. The Balaban J connectivity index is 1.88. The number of H-pyrrole nitrogens is 1. The van der Waals surface area contributed by atoms with Gasteiger partial charge in [-0.3, -0.25) is 19.1 Å². The molecule has 2 saturated heterocycles. The van der Waals surface area contributed by atoms with Crippen molar-refractivity contribution in [1.82, 2.24) is 19.1 Å². The average Bonchev–Trinajstić information content (AvgIpc) is 3.26. The lowest BCUT2D eigenvalue weighted by molar-refractivity contribution is -0.130. The molecule has 2 aromatic rings. The molecule has 0 aliphatic carbocycles. The molecule has 2 aliphatic rings. The highest BCUT2D eigenvalue weighted by molar-refractivity contribution is 6.84. The summed E-state index contributed by atoms with van der Waals surface area (Å²) in [4.78, 5) is 47.0. The van der Waals surface area contributed by atoms with Crippen LogP contribution in [-0.4, -0.2) is 60.8 Å². The maximum Gasteiger partial charge on any atom is 0.335 e. The smallest absolute Gasteiger partial charge is 0.335 e. The molecule has 0 spiro atoms. The van der Waals surface area contributed by atoms with E-state index >= 15 is 0 Å². The van der Waals surface area contributed by atoms with Gasteiger partial charge in [-0.25, -0.2) is 9.36 Å². The van der Waals surface area contributed by atoms with Gasteiger partial charge >= 0.3 is 22.8 Å². The van der Waals surface area contributed by atoms with Gasteiger partial charge in [-0.05, 0) is 22.2 Å². The van der Waals surface area contributed by atoms with Crippen LogP contribution in [0.3, 0.4) is 0 Å². The van der Waals surface area contributed by atoms with Gasteiger partial charge in [0.05, 0.1) is 6.61 Å². The fourth-order valence-electron chi connectivity index (χ4n) is 5.91. The number of imidazole rings is 1. The molecular formula is C25H41N5O7Si2. The van der Waals surface area contributed by atoms with Crippen LogP contribution in [0.15, 0.2) is 22.2 Å². The second kappa shape index (κ2) is 10.6. The zero-order valence-corrected chi connectivity index (χ0v) is 26.0. The first-order chi connectivity index (χ1) is 18.2. The number of carbonyl (C=O) groups is 1. The number of nitrogens with two attached hydrogens (primary N) is 1. The molecular weight excluding hydrogens is 538 g/mol. The molecule has 0 amide bonds. The largest absolute Gasteiger partial charge is 0.414 e. The number of nitrogens with one attached hydrogen (secondary N) is 1. The first-order valence-electron chi connectivity index (χ1n) is 13.5. The van der Waals surface area contributed by atoms with E-state index in [4.69, 9.17) is 23.4 Å². The standard InChI is InChI=1S/C25H41N5O7Si2/c1-10-11-29-18-21(27-24(26)28-22(18)32)30(25(29)33)23-19(31)20-17(35-23)12-34-38(13(2)3,14(4)5)37-39(36-20,15(6)7)16(8)9/h10,13-17,20,23H,1,11-12H2,2-9H3,(H3,26,27,28,32)/t17-,20-,23-/m1/s1. The third kappa shape index (κ3) is 4.60. The highest BCUT2D eigenvalue weighted by atomic mass is 28.5. The second-order valence-electron chi connectivity index (χ2n) is 11.6. The molecule has 12 nitrogen and oxygen atoms in total. The number of aromatic nitrogens is 4. The Kier molecular flexibility index (Phi) is 8.01. The lowest BCUT2D eigenvalue weighted by atomic mass is 10.1. The Bertz CT molecular complexity index is 1360. The van der Waals surface area contributed by atoms with Gasteiger partial charge in [0.15, 0.2) is 11.2 Å². The normalized spacial score (nSPS) is 25.0. The molecule has 3 N–H and O–H groups in total. The van der Waals surface area contributed by atoms with E-state index in [-0.39, 0.29) is 52.4 Å². The number of ketones is 1. The van der Waals surface area contributed by atoms with Crippen LogP contribution >= 0.6 is 0 Å². The molecule has 4 heterocycles. The van der Waals surface area contributed by atoms with Crippen LogP contribution in [0.1, 0.15) is 61.6 Å². The van der Waals surface area contributed by atoms with E-state index in [0.717, 1.165) is 4.57 Å². The monoisotopic (exact) mass is 579 g/mol. The van der Waals surface area contributed by atoms with Crippen LogP contribution in [0.2, 0.25) is 22.2 Å². The molecule has 39 heavy (non-hydrogen) atoms. The molecule has 2 fully saturated rings. The number of rotatable bonds is 7. The summed E-state index contributed by atoms with van der Waals surface area (Å²) >= 11 is 0. The Morgan fingerprint density at radius 3 is 2.18 bits per heavy atom. The number of aromatic amines is 1. The van der Waals surface area contributed by atoms with E-state index < -0.39 is 52.6 Å². The van der Waals surface area contributed by atoms with Gasteiger partial charge in [0.2, 0.25) is 18.0 Å². The Labute approximate surface area is 230 Å². The molecule has 4 rings (SSSR count). The van der Waals surface area contributed by atoms with Gasteiger partial charge in [-0.15, -0.1) is 6.58 Å². The topological polar surface area (TPSA) is 153 Å². The van der Waals surface area contributed by atoms with E-state index in [1.807, 2.05) is 0 Å². The summed E-state index contributed by atoms with van der Waals surface area (Å²) in [5, 5.41) is 0. The predicted molar refractivity (Wildman–Crippen MR) is 152 cm³/mol. The van der Waals surface area contributed by atoms with Crippen LogP contribution in [0, 0.1) is 0 Å². The fourth-order valence-corrected chi connectivity index (χ4v) is 17.1. The molecule has 2 aromatic heterocycles. The molecule has 3 atom stereocenters. The Morgan fingerprint density at radius 2 is 1.64 bits per heavy atom. The molecule has 0 radical (unpaired) electrons. The molecule has 216 valence electrons. The minimum Gasteiger partial charge on any atom is -0.414 e. The highest BCUT2D eigenvalue weighted by Crippen LogP contribution is 2.47. The fraction of sp³-hybridized carbons (Fsp3) is 0.680. The van der Waals surface area contributed by atoms with Gasteiger partial charge < -0.3 is 23.4 Å². The van der Waals surface area contributed by atoms with Crippen molar-refractivity contribution in [2.45, 2.75) is 103 Å². The van der Waals surface area contributed by atoms with Gasteiger partial charge in [-0.2, -0.15) is 4.98 Å². The van der Waals surface area contributed by atoms with Crippen molar-refractivity contribution >= 4 is 40.0 Å². The van der Waals surface area contributed by atoms with Crippen LogP contribution in [0.25, 0.3) is 11.2 Å². The number of carbonyl (C=O) groups excluding carboxylic acids is 1. The van der Waals surface area contributed by atoms with Crippen molar-refractivity contribution in [3.8, 4) is 0 Å². The summed E-state index contributed by atoms with van der Waals surface area (Å²) < 4.78 is 29.2. The minimum absolute atomic E-state index is 0.00771. The zero-order valence-electron chi connectivity index (χ0n) is 24.0. The number of hydrogen-bond acceptors (Lipinski definition) is 9. The van der Waals surface area contributed by atoms with Gasteiger partial charge in [0.25, 0.3) is 5.56 Å². The van der Waals surface area contributed by atoms with E-state index in [2.05, 4.69) is 71.9 Å². The van der Waals surface area contributed by atoms with Crippen molar-refractivity contribution in [3.05, 3.63) is 33.5 Å². The Hall–Kier alpha value is -2.37. The highest BCUT2D eigenvalue weighted by Gasteiger charge is 2.62. The number of ether oxygens (including phenoxy) is 1. The van der Waals surface area contributed by atoms with E-state index in [1.165, 1.54) is 10.6 Å². The van der Waals surface area contributed by atoms with Gasteiger partial charge in [-0.1, -0.05) is 61.5 Å². The van der Waals surface area contributed by atoms with Crippen molar-refractivity contribution in [3.63, 3.8) is 0 Å². The quantitative estimate of drug-likeness (QED) is 0.372. The average molecular weight is 580 g/mol. The molecule has 0 aromatic carbocycles. The van der Waals surface area contributed by atoms with Crippen LogP contribution in [0.5, 0.6) is 0 Å². The molecule has 0 bridgehead atoms. The van der Waals surface area contributed by atoms with Crippen molar-refractivity contribution in [1.29, 1.82) is 0 Å². The van der Waals surface area contributed by atoms with Gasteiger partial charge in [0.1, 0.15) is 12.2 Å². The van der Waals surface area contributed by atoms with Crippen molar-refractivity contribution < 1.29 is 22.5 Å². The minimum atomic E-state index is -3.09. The number of fused-ring (bicyclic) bond motifs is 2. The van der Waals surface area contributed by atoms with E-state index in [1.54, 1.807) is 0 Å². The third-order valence-electron chi connectivity index (χ3n) is 7.86. The van der Waals surface area contributed by atoms with E-state index in [0.29, 0.717) is 0 Å². The molecule has 0 saturated carbocycles. The SMILES string of the molecule is C=CCn1c(=O)n([C@@H]2O[C@@H]3CO[Si](C(C)C)(C(C)C)O[Si](C(C)C)(C(C)C)O[C@H]3C2=O)c2nc(N)[nH]c(=O)c21. The van der Waals surface area contributed by atoms with Crippen LogP contribution < -0.4 is 17.0 Å². The predicted octanol–water partition coefficient (Wildman–Crippen LogP) is 3.08. The van der Waals surface area contributed by atoms with Gasteiger partial charge in [0, 0.05) is 6.54 Å². The van der Waals surface area contributed by atoms with Crippen LogP contribution in [0.4, 0.5) is 5.95 Å². The summed E-state index contributed by atoms with van der Waals surface area (Å²) in [6, 6.07) is 0. The number of nitrogen functional groups attached to an aromatic ring is 1. The van der Waals surface area contributed by atoms with E-state index in [9.17, 15) is 14.4 Å². The summed E-state index contributed by atoms with van der Waals surface area (Å²) in [5.74, 6) is -0.633. The number of hydrogen-bond donors (Lipinski definition) is 2. The first kappa shape index (κ1) is 29.6. The third-order valence-corrected chi connectivity index (χ3v) is 18.1. The lowest BCUT2D eigenvalue weighted by Crippen LogP contribution is -2.65. The molecule has 2 aliphatic heterocycles. The number of anilines is 1. The first-order valence-corrected chi connectivity index (χ1v) is 17.5. The van der Waals surface area contributed by atoms with Crippen molar-refractivity contribution in [2.24, 2.45) is 0 Å². The number of nitrogens with zero attached hydrogens (tertiary/aromatic N) is 3. The molecule has 14 heteroatoms. The number of allylic oxidation sites excluding steroid dienone is 1. The number of Topliss-reactive ketones (excluding diaryl/α,β-unsaturated/α-hetero) is 1. The Morgan fingerprint density at radius 1 is 1.05 bits per heavy atom.